The summed E-state index contributed by atoms with van der Waals surface area (Å²) in [7, 11) is 0.943. The molecule has 25 heavy (non-hydrogen) atoms. The molecule has 3 nitrogen and oxygen atoms in total. The highest BCUT2D eigenvalue weighted by atomic mass is 35.5. The number of hydrogen-bond donors (Lipinski definition) is 0. The fourth-order valence-corrected chi connectivity index (χ4v) is 3.35. The van der Waals surface area contributed by atoms with Crippen molar-refractivity contribution >= 4 is 64.0 Å². The molecule has 0 atom stereocenters. The van der Waals surface area contributed by atoms with Gasteiger partial charge in [-0.25, -0.2) is 4.79 Å². The minimum atomic E-state index is -4.97. The van der Waals surface area contributed by atoms with Crippen LogP contribution in [-0.4, -0.2) is 18.1 Å². The number of halogens is 8. The molecule has 11 heteroatoms. The molecule has 0 N–H and O–H groups in total. The van der Waals surface area contributed by atoms with Gasteiger partial charge in [0.15, 0.2) is 0 Å². The molecule has 2 rings (SSSR count). The van der Waals surface area contributed by atoms with Gasteiger partial charge in [0.25, 0.3) is 0 Å². The number of hydrogen-bond acceptors (Lipinski definition) is 3. The minimum absolute atomic E-state index is 0.222. The Morgan fingerprint density at radius 1 is 1.00 bits per heavy atom. The van der Waals surface area contributed by atoms with Crippen LogP contribution in [0.4, 0.5) is 13.2 Å². The topological polar surface area (TPSA) is 39.2 Å². The Balaban J connectivity index is 2.98. The molecule has 134 valence electrons. The van der Waals surface area contributed by atoms with Gasteiger partial charge in [-0.05, 0) is 6.07 Å². The van der Waals surface area contributed by atoms with Crippen molar-refractivity contribution in [2.24, 2.45) is 0 Å². The average molecular weight is 453 g/mol. The first-order valence-corrected chi connectivity index (χ1v) is 8.07. The number of aromatic nitrogens is 1. The molecular formula is C14H5Cl5F3NO2. The molecule has 0 bridgehead atoms. The van der Waals surface area contributed by atoms with E-state index in [2.05, 4.69) is 9.72 Å². The highest BCUT2D eigenvalue weighted by Crippen LogP contribution is 2.50. The van der Waals surface area contributed by atoms with Crippen LogP contribution in [-0.2, 0) is 10.9 Å². The lowest BCUT2D eigenvalue weighted by Crippen LogP contribution is -2.17. The fourth-order valence-electron chi connectivity index (χ4n) is 2.03. The number of rotatable bonds is 2. The van der Waals surface area contributed by atoms with Crippen LogP contribution in [0.2, 0.25) is 25.1 Å². The highest BCUT2D eigenvalue weighted by Gasteiger charge is 2.41. The van der Waals surface area contributed by atoms with E-state index in [1.54, 1.807) is 0 Å². The third kappa shape index (κ3) is 3.64. The minimum Gasteiger partial charge on any atom is -0.465 e. The van der Waals surface area contributed by atoms with Crippen LogP contribution in [0, 0.1) is 0 Å². The zero-order valence-electron chi connectivity index (χ0n) is 11.9. The smallest absolute Gasteiger partial charge is 0.419 e. The number of pyridine rings is 1. The maximum atomic E-state index is 13.6. The van der Waals surface area contributed by atoms with Gasteiger partial charge in [-0.15, -0.1) is 0 Å². The lowest BCUT2D eigenvalue weighted by atomic mass is 10.00. The monoisotopic (exact) mass is 451 g/mol. The summed E-state index contributed by atoms with van der Waals surface area (Å²) >= 11 is 29.7. The maximum Gasteiger partial charge on any atom is 0.419 e. The normalized spacial score (nSPS) is 11.6. The van der Waals surface area contributed by atoms with E-state index >= 15 is 0 Å². The Hall–Kier alpha value is -0.920. The third-order valence-corrected chi connectivity index (χ3v) is 5.36. The number of carbonyl (C=O) groups excluding carboxylic acids is 1. The number of alkyl halides is 3. The maximum absolute atomic E-state index is 13.6. The molecule has 0 amide bonds. The lowest BCUT2D eigenvalue weighted by molar-refractivity contribution is -0.137. The van der Waals surface area contributed by atoms with Crippen LogP contribution in [0.15, 0.2) is 12.3 Å². The number of nitrogens with zero attached hydrogens (tertiary/aromatic N) is 1. The van der Waals surface area contributed by atoms with E-state index in [4.69, 9.17) is 58.0 Å². The Bertz CT molecular complexity index is 842. The lowest BCUT2D eigenvalue weighted by Gasteiger charge is -2.18. The SMILES string of the molecule is COC(=O)c1ccnc(-c2c(Cl)c(Cl)c(Cl)c(Cl)c2Cl)c1C(F)(F)F. The molecule has 2 aromatic rings. The first kappa shape index (κ1) is 20.4. The molecule has 1 aromatic carbocycles. The van der Waals surface area contributed by atoms with Gasteiger partial charge in [-0.2, -0.15) is 13.2 Å². The summed E-state index contributed by atoms with van der Waals surface area (Å²) in [6.45, 7) is 0. The van der Waals surface area contributed by atoms with Crippen LogP contribution in [0.3, 0.4) is 0 Å². The van der Waals surface area contributed by atoms with E-state index in [1.165, 1.54) is 0 Å². The third-order valence-electron chi connectivity index (χ3n) is 3.09. The van der Waals surface area contributed by atoms with E-state index in [1.807, 2.05) is 0 Å². The predicted molar refractivity (Wildman–Crippen MR) is 91.1 cm³/mol. The number of benzene rings is 1. The first-order chi connectivity index (χ1) is 11.5. The second-order valence-corrected chi connectivity index (χ2v) is 6.41. The first-order valence-electron chi connectivity index (χ1n) is 6.18. The second-order valence-electron chi connectivity index (χ2n) is 4.52. The molecule has 0 saturated carbocycles. The highest BCUT2D eigenvalue weighted by molar-refractivity contribution is 6.56. The molecule has 0 aliphatic heterocycles. The van der Waals surface area contributed by atoms with Crippen LogP contribution < -0.4 is 0 Å². The van der Waals surface area contributed by atoms with E-state index < -0.39 is 34.5 Å². The number of methoxy groups -OCH3 is 1. The summed E-state index contributed by atoms with van der Waals surface area (Å²) in [4.78, 5) is 15.4. The van der Waals surface area contributed by atoms with Crippen molar-refractivity contribution in [3.05, 3.63) is 48.5 Å². The summed E-state index contributed by atoms with van der Waals surface area (Å²) in [5.74, 6) is -1.21. The number of esters is 1. The number of ether oxygens (including phenoxy) is 1. The summed E-state index contributed by atoms with van der Waals surface area (Å²) in [6, 6.07) is 0.860. The van der Waals surface area contributed by atoms with Crippen LogP contribution in [0.5, 0.6) is 0 Å². The van der Waals surface area contributed by atoms with Gasteiger partial charge in [-0.1, -0.05) is 58.0 Å². The summed E-state index contributed by atoms with van der Waals surface area (Å²) in [5, 5.41) is -1.60. The summed E-state index contributed by atoms with van der Waals surface area (Å²) < 4.78 is 45.2. The molecule has 1 aromatic heterocycles. The molecule has 0 saturated heterocycles. The molecule has 0 aliphatic rings. The van der Waals surface area contributed by atoms with Crippen molar-refractivity contribution in [3.63, 3.8) is 0 Å². The molecule has 0 radical (unpaired) electrons. The van der Waals surface area contributed by atoms with Crippen LogP contribution in [0.25, 0.3) is 11.3 Å². The largest absolute Gasteiger partial charge is 0.465 e. The average Bonchev–Trinajstić information content (AvgIpc) is 2.56. The number of carbonyl (C=O) groups is 1. The van der Waals surface area contributed by atoms with Crippen molar-refractivity contribution < 1.29 is 22.7 Å². The molecule has 0 fully saturated rings. The van der Waals surface area contributed by atoms with Crippen LogP contribution >= 0.6 is 58.0 Å². The Labute approximate surface area is 164 Å². The van der Waals surface area contributed by atoms with E-state index in [9.17, 15) is 18.0 Å². The van der Waals surface area contributed by atoms with Gasteiger partial charge < -0.3 is 4.74 Å². The Morgan fingerprint density at radius 3 is 1.92 bits per heavy atom. The van der Waals surface area contributed by atoms with E-state index in [-0.39, 0.29) is 25.1 Å². The molecule has 1 heterocycles. The zero-order chi connectivity index (χ0) is 19.1. The summed E-state index contributed by atoms with van der Waals surface area (Å²) in [5.41, 5.74) is -3.29. The summed E-state index contributed by atoms with van der Waals surface area (Å²) in [6.07, 6.45) is -4.00. The Morgan fingerprint density at radius 2 is 1.48 bits per heavy atom. The van der Waals surface area contributed by atoms with Gasteiger partial charge in [0.05, 0.1) is 49.0 Å². The van der Waals surface area contributed by atoms with Gasteiger partial charge in [0.2, 0.25) is 0 Å². The van der Waals surface area contributed by atoms with E-state index in [0.29, 0.717) is 0 Å². The van der Waals surface area contributed by atoms with E-state index in [0.717, 1.165) is 19.4 Å². The van der Waals surface area contributed by atoms with Crippen molar-refractivity contribution in [1.82, 2.24) is 4.98 Å². The standard InChI is InChI=1S/C14H5Cl5F3NO2/c1-25-13(24)4-2-3-23-12(6(4)14(20,21)22)5-7(15)9(17)11(19)10(18)8(5)16/h2-3H,1H3. The molecule has 0 unspecified atom stereocenters. The van der Waals surface area contributed by atoms with Crippen molar-refractivity contribution in [2.45, 2.75) is 6.18 Å². The molecular weight excluding hydrogens is 448 g/mol. The van der Waals surface area contributed by atoms with Gasteiger partial charge in [-0.3, -0.25) is 4.98 Å². The Kier molecular flexibility index (Phi) is 6.01. The van der Waals surface area contributed by atoms with Gasteiger partial charge >= 0.3 is 12.1 Å². The van der Waals surface area contributed by atoms with Crippen LogP contribution in [0.1, 0.15) is 15.9 Å². The second kappa shape index (κ2) is 7.37. The quantitative estimate of drug-likeness (QED) is 0.285. The molecule has 0 spiro atoms. The van der Waals surface area contributed by atoms with Crippen molar-refractivity contribution in [1.29, 1.82) is 0 Å². The van der Waals surface area contributed by atoms with Crippen molar-refractivity contribution in [2.75, 3.05) is 7.11 Å². The molecule has 0 aliphatic carbocycles. The van der Waals surface area contributed by atoms with Gasteiger partial charge in [0.1, 0.15) is 0 Å². The van der Waals surface area contributed by atoms with Crippen molar-refractivity contribution in [3.8, 4) is 11.3 Å². The van der Waals surface area contributed by atoms with Gasteiger partial charge in [0, 0.05) is 11.8 Å². The zero-order valence-corrected chi connectivity index (χ0v) is 15.7. The predicted octanol–water partition coefficient (Wildman–Crippen LogP) is 6.82. The fraction of sp³-hybridized carbons (Fsp3) is 0.143.